The maximum Gasteiger partial charge on any atom is 0.339 e. The molecule has 1 aromatic carbocycles. The van der Waals surface area contributed by atoms with E-state index < -0.39 is 29.4 Å². The molecule has 8 heteroatoms. The molecule has 1 heterocycles. The molecule has 1 aliphatic rings. The van der Waals surface area contributed by atoms with Crippen LogP contribution in [0, 0.1) is 0 Å². The van der Waals surface area contributed by atoms with Gasteiger partial charge >= 0.3 is 18.0 Å². The first-order valence-corrected chi connectivity index (χ1v) is 7.55. The summed E-state index contributed by atoms with van der Waals surface area (Å²) in [6, 6.07) is 7.39. The molecule has 2 atom stereocenters. The Morgan fingerprint density at radius 2 is 1.77 bits per heavy atom. The molecule has 0 bridgehead atoms. The van der Waals surface area contributed by atoms with Crippen LogP contribution < -0.4 is 5.32 Å². The maximum absolute atomic E-state index is 12.5. The number of para-hydroxylation sites is 1. The lowest BCUT2D eigenvalue weighted by atomic mass is 10.3. The normalized spacial score (nSPS) is 20.4. The van der Waals surface area contributed by atoms with Crippen molar-refractivity contribution in [2.45, 2.75) is 11.4 Å². The van der Waals surface area contributed by atoms with Gasteiger partial charge in [-0.25, -0.2) is 14.4 Å². The Kier molecular flexibility index (Phi) is 5.26. The predicted molar refractivity (Wildman–Crippen MR) is 81.4 cm³/mol. The van der Waals surface area contributed by atoms with E-state index in [4.69, 9.17) is 9.47 Å². The van der Waals surface area contributed by atoms with Crippen molar-refractivity contribution in [3.8, 4) is 0 Å². The standard InChI is InChI=1S/C14H16N2O5S/c1-20-12(17)10-8-22-11(13(18)21-2)16(10)14(19)15-9-6-4-3-5-7-9/h3-7,10-11H,8H2,1-2H3,(H,15,19)/t10-,11+/m0/s1. The fraction of sp³-hybridized carbons (Fsp3) is 0.357. The van der Waals surface area contributed by atoms with Crippen LogP contribution in [0.2, 0.25) is 0 Å². The Morgan fingerprint density at radius 3 is 2.36 bits per heavy atom. The van der Waals surface area contributed by atoms with Crippen LogP contribution in [0.15, 0.2) is 30.3 Å². The Labute approximate surface area is 131 Å². The molecule has 0 saturated carbocycles. The zero-order chi connectivity index (χ0) is 16.1. The van der Waals surface area contributed by atoms with Crippen LogP contribution in [0.3, 0.4) is 0 Å². The second kappa shape index (κ2) is 7.17. The van der Waals surface area contributed by atoms with E-state index in [-0.39, 0.29) is 5.75 Å². The molecule has 7 nitrogen and oxygen atoms in total. The van der Waals surface area contributed by atoms with Gasteiger partial charge in [0.15, 0.2) is 5.37 Å². The number of benzene rings is 1. The first-order valence-electron chi connectivity index (χ1n) is 6.50. The first kappa shape index (κ1) is 16.2. The third kappa shape index (κ3) is 3.33. The summed E-state index contributed by atoms with van der Waals surface area (Å²) >= 11 is 1.16. The van der Waals surface area contributed by atoms with Gasteiger partial charge in [-0.2, -0.15) is 0 Å². The topological polar surface area (TPSA) is 84.9 Å². The van der Waals surface area contributed by atoms with Gasteiger partial charge in [0, 0.05) is 11.4 Å². The molecule has 2 rings (SSSR count). The number of nitrogens with zero attached hydrogens (tertiary/aromatic N) is 1. The second-order valence-corrected chi connectivity index (χ2v) is 5.56. The summed E-state index contributed by atoms with van der Waals surface area (Å²) < 4.78 is 9.39. The number of hydrogen-bond donors (Lipinski definition) is 1. The molecule has 2 amide bonds. The molecular weight excluding hydrogens is 308 g/mol. The first-order chi connectivity index (χ1) is 10.6. The molecule has 1 saturated heterocycles. The molecular formula is C14H16N2O5S. The average Bonchev–Trinajstić information content (AvgIpc) is 2.99. The summed E-state index contributed by atoms with van der Waals surface area (Å²) in [5.41, 5.74) is 0.566. The number of hydrogen-bond acceptors (Lipinski definition) is 6. The summed E-state index contributed by atoms with van der Waals surface area (Å²) in [5, 5.41) is 1.78. The molecule has 1 N–H and O–H groups in total. The third-order valence-electron chi connectivity index (χ3n) is 3.14. The molecule has 0 unspecified atom stereocenters. The predicted octanol–water partition coefficient (Wildman–Crippen LogP) is 1.31. The number of nitrogens with one attached hydrogen (secondary N) is 1. The van der Waals surface area contributed by atoms with Crippen molar-refractivity contribution < 1.29 is 23.9 Å². The number of esters is 2. The summed E-state index contributed by atoms with van der Waals surface area (Å²) in [6.07, 6.45) is 0. The zero-order valence-electron chi connectivity index (χ0n) is 12.1. The highest BCUT2D eigenvalue weighted by Gasteiger charge is 2.46. The molecule has 1 fully saturated rings. The molecule has 0 radical (unpaired) electrons. The highest BCUT2D eigenvalue weighted by Crippen LogP contribution is 2.31. The number of urea groups is 1. The zero-order valence-corrected chi connectivity index (χ0v) is 13.0. The van der Waals surface area contributed by atoms with Crippen molar-refractivity contribution in [2.24, 2.45) is 0 Å². The summed E-state index contributed by atoms with van der Waals surface area (Å²) in [7, 11) is 2.48. The number of ether oxygens (including phenoxy) is 2. The van der Waals surface area contributed by atoms with Crippen LogP contribution in [0.1, 0.15) is 0 Å². The molecule has 0 aromatic heterocycles. The number of thioether (sulfide) groups is 1. The number of anilines is 1. The minimum absolute atomic E-state index is 0.272. The summed E-state index contributed by atoms with van der Waals surface area (Å²) in [5.74, 6) is -0.879. The molecule has 22 heavy (non-hydrogen) atoms. The van der Waals surface area contributed by atoms with Crippen LogP contribution in [-0.4, -0.2) is 54.3 Å². The Hall–Kier alpha value is -2.22. The monoisotopic (exact) mass is 324 g/mol. The Morgan fingerprint density at radius 1 is 1.14 bits per heavy atom. The fourth-order valence-corrected chi connectivity index (χ4v) is 3.36. The van der Waals surface area contributed by atoms with Gasteiger partial charge in [0.1, 0.15) is 6.04 Å². The number of amides is 2. The van der Waals surface area contributed by atoms with Crippen molar-refractivity contribution in [1.82, 2.24) is 4.90 Å². The lowest BCUT2D eigenvalue weighted by molar-refractivity contribution is -0.147. The molecule has 0 spiro atoms. The van der Waals surface area contributed by atoms with E-state index in [0.717, 1.165) is 16.7 Å². The van der Waals surface area contributed by atoms with Crippen molar-refractivity contribution in [2.75, 3.05) is 25.3 Å². The molecule has 1 aliphatic heterocycles. The minimum Gasteiger partial charge on any atom is -0.467 e. The largest absolute Gasteiger partial charge is 0.467 e. The van der Waals surface area contributed by atoms with Crippen LogP contribution >= 0.6 is 11.8 Å². The van der Waals surface area contributed by atoms with Crippen LogP contribution in [-0.2, 0) is 19.1 Å². The van der Waals surface area contributed by atoms with Crippen molar-refractivity contribution >= 4 is 35.4 Å². The van der Waals surface area contributed by atoms with E-state index in [0.29, 0.717) is 5.69 Å². The van der Waals surface area contributed by atoms with E-state index in [9.17, 15) is 14.4 Å². The van der Waals surface area contributed by atoms with E-state index in [2.05, 4.69) is 5.32 Å². The minimum atomic E-state index is -0.877. The highest BCUT2D eigenvalue weighted by molar-refractivity contribution is 8.00. The molecule has 118 valence electrons. The van der Waals surface area contributed by atoms with Gasteiger partial charge in [0.25, 0.3) is 0 Å². The third-order valence-corrected chi connectivity index (χ3v) is 4.38. The summed E-state index contributed by atoms with van der Waals surface area (Å²) in [6.45, 7) is 0. The average molecular weight is 324 g/mol. The van der Waals surface area contributed by atoms with Gasteiger partial charge in [0.05, 0.1) is 14.2 Å². The van der Waals surface area contributed by atoms with Gasteiger partial charge < -0.3 is 14.8 Å². The molecule has 0 aliphatic carbocycles. The van der Waals surface area contributed by atoms with Gasteiger partial charge in [-0.3, -0.25) is 4.90 Å². The fourth-order valence-electron chi connectivity index (χ4n) is 2.06. The van der Waals surface area contributed by atoms with Crippen molar-refractivity contribution in [3.63, 3.8) is 0 Å². The van der Waals surface area contributed by atoms with Crippen LogP contribution in [0.4, 0.5) is 10.5 Å². The second-order valence-electron chi connectivity index (χ2n) is 4.45. The SMILES string of the molecule is COC(=O)[C@H]1SC[C@@H](C(=O)OC)N1C(=O)Nc1ccccc1. The van der Waals surface area contributed by atoms with Crippen LogP contribution in [0.5, 0.6) is 0 Å². The van der Waals surface area contributed by atoms with E-state index >= 15 is 0 Å². The van der Waals surface area contributed by atoms with E-state index in [1.165, 1.54) is 14.2 Å². The van der Waals surface area contributed by atoms with Gasteiger partial charge in [0.2, 0.25) is 0 Å². The number of rotatable bonds is 3. The van der Waals surface area contributed by atoms with Crippen molar-refractivity contribution in [3.05, 3.63) is 30.3 Å². The van der Waals surface area contributed by atoms with Gasteiger partial charge in [-0.05, 0) is 12.1 Å². The Bertz CT molecular complexity index is 542. The number of carbonyl (C=O) groups is 3. The Balaban J connectivity index is 2.21. The van der Waals surface area contributed by atoms with E-state index in [1.807, 2.05) is 6.07 Å². The van der Waals surface area contributed by atoms with Crippen molar-refractivity contribution in [1.29, 1.82) is 0 Å². The lowest BCUT2D eigenvalue weighted by Crippen LogP contribution is -2.50. The summed E-state index contributed by atoms with van der Waals surface area (Å²) in [4.78, 5) is 37.3. The quantitative estimate of drug-likeness (QED) is 0.844. The maximum atomic E-state index is 12.5. The van der Waals surface area contributed by atoms with Gasteiger partial charge in [-0.1, -0.05) is 18.2 Å². The number of methoxy groups -OCH3 is 2. The van der Waals surface area contributed by atoms with E-state index in [1.54, 1.807) is 24.3 Å². The smallest absolute Gasteiger partial charge is 0.339 e. The van der Waals surface area contributed by atoms with Gasteiger partial charge in [-0.15, -0.1) is 11.8 Å². The lowest BCUT2D eigenvalue weighted by Gasteiger charge is -2.26. The van der Waals surface area contributed by atoms with Crippen LogP contribution in [0.25, 0.3) is 0 Å². The molecule has 1 aromatic rings. The highest BCUT2D eigenvalue weighted by atomic mass is 32.2. The number of carbonyl (C=O) groups excluding carboxylic acids is 3.